The van der Waals surface area contributed by atoms with Crippen molar-refractivity contribution in [2.75, 3.05) is 11.4 Å². The SMILES string of the molecule is C[C@@H]1c2cnc(C(=O)O)cc2CCN1c1cc(F)cc(Cl)c1. The van der Waals surface area contributed by atoms with Gasteiger partial charge in [0.15, 0.2) is 0 Å². The highest BCUT2D eigenvalue weighted by Crippen LogP contribution is 2.34. The standard InChI is InChI=1S/C16H14ClFN2O2/c1-9-14-8-19-15(16(21)22)4-10(14)2-3-20(9)13-6-11(17)5-12(18)7-13/h4-9H,2-3H2,1H3,(H,21,22)/t9-/m1/s1. The lowest BCUT2D eigenvalue weighted by Gasteiger charge is -2.37. The first-order chi connectivity index (χ1) is 10.5. The molecule has 0 spiro atoms. The topological polar surface area (TPSA) is 53.4 Å². The van der Waals surface area contributed by atoms with Crippen molar-refractivity contribution in [2.45, 2.75) is 19.4 Å². The number of carboxylic acid groups (broad SMARTS) is 1. The molecule has 0 saturated carbocycles. The predicted molar refractivity (Wildman–Crippen MR) is 82.1 cm³/mol. The molecule has 4 nitrogen and oxygen atoms in total. The van der Waals surface area contributed by atoms with Gasteiger partial charge in [-0.1, -0.05) is 11.6 Å². The number of hydrogen-bond acceptors (Lipinski definition) is 3. The Bertz CT molecular complexity index is 731. The van der Waals surface area contributed by atoms with E-state index in [1.54, 1.807) is 18.3 Å². The highest BCUT2D eigenvalue weighted by molar-refractivity contribution is 6.30. The molecule has 0 bridgehead atoms. The van der Waals surface area contributed by atoms with Gasteiger partial charge in [-0.2, -0.15) is 0 Å². The molecule has 0 unspecified atom stereocenters. The third-order valence-corrected chi connectivity index (χ3v) is 4.18. The number of pyridine rings is 1. The summed E-state index contributed by atoms with van der Waals surface area (Å²) < 4.78 is 13.6. The molecule has 22 heavy (non-hydrogen) atoms. The van der Waals surface area contributed by atoms with Gasteiger partial charge in [0.25, 0.3) is 0 Å². The van der Waals surface area contributed by atoms with E-state index >= 15 is 0 Å². The predicted octanol–water partition coefficient (Wildman–Crippen LogP) is 3.70. The first-order valence-corrected chi connectivity index (χ1v) is 7.28. The Morgan fingerprint density at radius 1 is 1.41 bits per heavy atom. The third kappa shape index (κ3) is 2.64. The second kappa shape index (κ2) is 5.57. The Hall–Kier alpha value is -2.14. The minimum absolute atomic E-state index is 0.0306. The van der Waals surface area contributed by atoms with Crippen molar-refractivity contribution in [2.24, 2.45) is 0 Å². The molecule has 0 saturated heterocycles. The summed E-state index contributed by atoms with van der Waals surface area (Å²) in [6.45, 7) is 2.65. The molecule has 1 aromatic carbocycles. The molecule has 6 heteroatoms. The number of anilines is 1. The van der Waals surface area contributed by atoms with E-state index in [0.717, 1.165) is 11.1 Å². The van der Waals surface area contributed by atoms with E-state index in [4.69, 9.17) is 16.7 Å². The number of hydrogen-bond donors (Lipinski definition) is 1. The van der Waals surface area contributed by atoms with Crippen molar-refractivity contribution in [3.63, 3.8) is 0 Å². The van der Waals surface area contributed by atoms with Crippen LogP contribution >= 0.6 is 11.6 Å². The molecule has 0 radical (unpaired) electrons. The number of halogens is 2. The van der Waals surface area contributed by atoms with Crippen LogP contribution in [0.2, 0.25) is 5.02 Å². The minimum Gasteiger partial charge on any atom is -0.477 e. The molecule has 1 atom stereocenters. The Morgan fingerprint density at radius 3 is 2.86 bits per heavy atom. The Balaban J connectivity index is 1.97. The van der Waals surface area contributed by atoms with Crippen LogP contribution in [0.4, 0.5) is 10.1 Å². The van der Waals surface area contributed by atoms with Crippen molar-refractivity contribution >= 4 is 23.3 Å². The van der Waals surface area contributed by atoms with Crippen molar-refractivity contribution in [1.29, 1.82) is 0 Å². The highest BCUT2D eigenvalue weighted by Gasteiger charge is 2.26. The molecule has 2 heterocycles. The number of nitrogens with zero attached hydrogens (tertiary/aromatic N) is 2. The molecule has 1 aliphatic rings. The fourth-order valence-electron chi connectivity index (χ4n) is 2.88. The summed E-state index contributed by atoms with van der Waals surface area (Å²) in [6.07, 6.45) is 2.27. The quantitative estimate of drug-likeness (QED) is 0.916. The average Bonchev–Trinajstić information content (AvgIpc) is 2.46. The van der Waals surface area contributed by atoms with Gasteiger partial charge in [0.05, 0.1) is 6.04 Å². The van der Waals surface area contributed by atoms with Crippen molar-refractivity contribution in [3.8, 4) is 0 Å². The fourth-order valence-corrected chi connectivity index (χ4v) is 3.09. The summed E-state index contributed by atoms with van der Waals surface area (Å²) >= 11 is 5.93. The number of fused-ring (bicyclic) bond motifs is 1. The van der Waals surface area contributed by atoms with Crippen LogP contribution in [-0.2, 0) is 6.42 Å². The van der Waals surface area contributed by atoms with E-state index in [9.17, 15) is 9.18 Å². The van der Waals surface area contributed by atoms with Crippen LogP contribution in [-0.4, -0.2) is 22.6 Å². The number of aromatic nitrogens is 1. The van der Waals surface area contributed by atoms with Crippen LogP contribution in [0, 0.1) is 5.82 Å². The molecule has 1 N–H and O–H groups in total. The molecule has 0 aliphatic carbocycles. The van der Waals surface area contributed by atoms with Gasteiger partial charge >= 0.3 is 5.97 Å². The summed E-state index contributed by atoms with van der Waals surface area (Å²) in [5.74, 6) is -1.41. The summed E-state index contributed by atoms with van der Waals surface area (Å²) in [4.78, 5) is 17.0. The summed E-state index contributed by atoms with van der Waals surface area (Å²) in [6, 6.07) is 6.03. The Kier molecular flexibility index (Phi) is 3.74. The van der Waals surface area contributed by atoms with Crippen LogP contribution in [0.5, 0.6) is 0 Å². The van der Waals surface area contributed by atoms with Gasteiger partial charge in [-0.3, -0.25) is 0 Å². The van der Waals surface area contributed by atoms with Gasteiger partial charge in [0, 0.05) is 23.5 Å². The first-order valence-electron chi connectivity index (χ1n) is 6.90. The second-order valence-corrected chi connectivity index (χ2v) is 5.76. The van der Waals surface area contributed by atoms with E-state index in [-0.39, 0.29) is 17.6 Å². The van der Waals surface area contributed by atoms with Crippen LogP contribution in [0.15, 0.2) is 30.5 Å². The molecule has 1 aliphatic heterocycles. The summed E-state index contributed by atoms with van der Waals surface area (Å²) in [5.41, 5.74) is 2.69. The molecule has 1 aromatic heterocycles. The average molecular weight is 321 g/mol. The van der Waals surface area contributed by atoms with E-state index < -0.39 is 5.97 Å². The van der Waals surface area contributed by atoms with Gasteiger partial charge in [0.2, 0.25) is 0 Å². The minimum atomic E-state index is -1.03. The zero-order valence-electron chi connectivity index (χ0n) is 11.9. The number of carbonyl (C=O) groups is 1. The third-order valence-electron chi connectivity index (χ3n) is 3.96. The smallest absolute Gasteiger partial charge is 0.354 e. The Morgan fingerprint density at radius 2 is 2.18 bits per heavy atom. The zero-order chi connectivity index (χ0) is 15.9. The van der Waals surface area contributed by atoms with Crippen molar-refractivity contribution in [1.82, 2.24) is 4.98 Å². The summed E-state index contributed by atoms with van der Waals surface area (Å²) in [5, 5.41) is 9.37. The van der Waals surface area contributed by atoms with Gasteiger partial charge in [0.1, 0.15) is 11.5 Å². The van der Waals surface area contributed by atoms with Gasteiger partial charge in [-0.25, -0.2) is 14.2 Å². The number of aromatic carboxylic acids is 1. The first kappa shape index (κ1) is 14.8. The largest absolute Gasteiger partial charge is 0.477 e. The normalized spacial score (nSPS) is 17.2. The molecule has 3 rings (SSSR count). The van der Waals surface area contributed by atoms with Crippen molar-refractivity contribution in [3.05, 3.63) is 58.1 Å². The van der Waals surface area contributed by atoms with E-state index in [0.29, 0.717) is 23.7 Å². The Labute approximate surface area is 132 Å². The van der Waals surface area contributed by atoms with Crippen LogP contribution in [0.1, 0.15) is 34.6 Å². The van der Waals surface area contributed by atoms with E-state index in [1.807, 2.05) is 11.8 Å². The molecular formula is C16H14ClFN2O2. The lowest BCUT2D eigenvalue weighted by atomic mass is 9.94. The zero-order valence-corrected chi connectivity index (χ0v) is 12.6. The van der Waals surface area contributed by atoms with Crippen LogP contribution in [0.25, 0.3) is 0 Å². The maximum Gasteiger partial charge on any atom is 0.354 e. The molecule has 2 aromatic rings. The van der Waals surface area contributed by atoms with Gasteiger partial charge < -0.3 is 10.0 Å². The second-order valence-electron chi connectivity index (χ2n) is 5.32. The molecule has 0 fully saturated rings. The van der Waals surface area contributed by atoms with Crippen molar-refractivity contribution < 1.29 is 14.3 Å². The fraction of sp³-hybridized carbons (Fsp3) is 0.250. The maximum atomic E-state index is 13.6. The van der Waals surface area contributed by atoms with E-state index in [1.165, 1.54) is 12.1 Å². The highest BCUT2D eigenvalue weighted by atomic mass is 35.5. The maximum absolute atomic E-state index is 13.6. The van der Waals surface area contributed by atoms with Crippen LogP contribution in [0.3, 0.4) is 0 Å². The van der Waals surface area contributed by atoms with Gasteiger partial charge in [-0.15, -0.1) is 0 Å². The van der Waals surface area contributed by atoms with Gasteiger partial charge in [-0.05, 0) is 48.7 Å². The molecule has 0 amide bonds. The van der Waals surface area contributed by atoms with Crippen LogP contribution < -0.4 is 4.90 Å². The lowest BCUT2D eigenvalue weighted by Crippen LogP contribution is -2.34. The monoisotopic (exact) mass is 320 g/mol. The molecule has 114 valence electrons. The lowest BCUT2D eigenvalue weighted by molar-refractivity contribution is 0.0690. The molecular weight excluding hydrogens is 307 g/mol. The summed E-state index contributed by atoms with van der Waals surface area (Å²) in [7, 11) is 0. The number of benzene rings is 1. The number of rotatable bonds is 2. The van der Waals surface area contributed by atoms with E-state index in [2.05, 4.69) is 4.98 Å². The number of carboxylic acids is 1.